The molecule has 21 heavy (non-hydrogen) atoms. The highest BCUT2D eigenvalue weighted by atomic mass is 16.4. The summed E-state index contributed by atoms with van der Waals surface area (Å²) in [4.78, 5) is 9.00. The fraction of sp³-hybridized carbons (Fsp3) is 0.562. The van der Waals surface area contributed by atoms with Gasteiger partial charge < -0.3 is 20.6 Å². The van der Waals surface area contributed by atoms with E-state index in [0.29, 0.717) is 0 Å². The van der Waals surface area contributed by atoms with E-state index in [1.807, 2.05) is 6.07 Å². The first-order valence-corrected chi connectivity index (χ1v) is 7.15. The fourth-order valence-electron chi connectivity index (χ4n) is 2.59. The van der Waals surface area contributed by atoms with Gasteiger partial charge in [-0.05, 0) is 50.8 Å². The Bertz CT molecular complexity index is 469. The van der Waals surface area contributed by atoms with Crippen LogP contribution < -0.4 is 5.32 Å². The van der Waals surface area contributed by atoms with Crippen molar-refractivity contribution in [2.45, 2.75) is 57.7 Å². The van der Waals surface area contributed by atoms with Crippen LogP contribution in [-0.2, 0) is 4.79 Å². The number of benzene rings is 1. The number of carbonyl (C=O) groups is 1. The van der Waals surface area contributed by atoms with Crippen molar-refractivity contribution in [3.63, 3.8) is 0 Å². The summed E-state index contributed by atoms with van der Waals surface area (Å²) in [6.07, 6.45) is 2.68. The molecule has 1 unspecified atom stereocenters. The van der Waals surface area contributed by atoms with Crippen LogP contribution in [0.15, 0.2) is 24.3 Å². The molecule has 1 aliphatic rings. The van der Waals surface area contributed by atoms with Gasteiger partial charge in [-0.15, -0.1) is 0 Å². The summed E-state index contributed by atoms with van der Waals surface area (Å²) in [6.45, 7) is 5.41. The van der Waals surface area contributed by atoms with Crippen LogP contribution in [0.4, 0.5) is 0 Å². The van der Waals surface area contributed by atoms with E-state index in [-0.39, 0.29) is 17.3 Å². The van der Waals surface area contributed by atoms with E-state index < -0.39 is 12.1 Å². The molecule has 0 amide bonds. The van der Waals surface area contributed by atoms with Gasteiger partial charge in [0.25, 0.3) is 5.97 Å². The Balaban J connectivity index is 0.000000491. The molecule has 1 aromatic carbocycles. The van der Waals surface area contributed by atoms with Gasteiger partial charge in [0.15, 0.2) is 0 Å². The van der Waals surface area contributed by atoms with E-state index in [1.54, 1.807) is 18.2 Å². The van der Waals surface area contributed by atoms with Gasteiger partial charge in [-0.3, -0.25) is 4.79 Å². The molecule has 0 spiro atoms. The largest absolute Gasteiger partial charge is 0.508 e. The average Bonchev–Trinajstić information content (AvgIpc) is 2.36. The summed E-state index contributed by atoms with van der Waals surface area (Å²) in [5.74, 6) is -0.628. The zero-order valence-electron chi connectivity index (χ0n) is 12.8. The molecule has 5 nitrogen and oxygen atoms in total. The molecule has 2 rings (SSSR count). The van der Waals surface area contributed by atoms with Gasteiger partial charge in [-0.1, -0.05) is 12.1 Å². The van der Waals surface area contributed by atoms with Gasteiger partial charge in [0.1, 0.15) is 5.75 Å². The van der Waals surface area contributed by atoms with Gasteiger partial charge in [0.2, 0.25) is 0 Å². The minimum absolute atomic E-state index is 0.0700. The number of hydrogen-bond donors (Lipinski definition) is 4. The number of aromatic hydroxyl groups is 1. The van der Waals surface area contributed by atoms with Crippen LogP contribution >= 0.6 is 0 Å². The fourth-order valence-corrected chi connectivity index (χ4v) is 2.59. The van der Waals surface area contributed by atoms with Gasteiger partial charge in [0.05, 0.1) is 6.10 Å². The average molecular weight is 295 g/mol. The first-order valence-electron chi connectivity index (χ1n) is 7.15. The molecule has 1 aromatic rings. The van der Waals surface area contributed by atoms with Gasteiger partial charge in [-0.25, -0.2) is 0 Å². The maximum Gasteiger partial charge on any atom is 0.300 e. The lowest BCUT2D eigenvalue weighted by atomic mass is 9.85. The van der Waals surface area contributed by atoms with Crippen LogP contribution in [-0.4, -0.2) is 32.9 Å². The number of nitrogens with one attached hydrogen (secondary N) is 1. The Labute approximate surface area is 125 Å². The normalized spacial score (nSPS) is 21.8. The number of carboxylic acid groups (broad SMARTS) is 1. The minimum Gasteiger partial charge on any atom is -0.508 e. The molecule has 0 saturated carbocycles. The van der Waals surface area contributed by atoms with Gasteiger partial charge >= 0.3 is 0 Å². The van der Waals surface area contributed by atoms with E-state index in [1.165, 1.54) is 0 Å². The van der Waals surface area contributed by atoms with E-state index in [4.69, 9.17) is 9.90 Å². The number of piperidine rings is 1. The number of phenols is 1. The monoisotopic (exact) mass is 295 g/mol. The number of rotatable bonds is 2. The second-order valence-corrected chi connectivity index (χ2v) is 6.09. The predicted octanol–water partition coefficient (Wildman–Crippen LogP) is 2.44. The summed E-state index contributed by atoms with van der Waals surface area (Å²) in [5, 5.41) is 30.7. The number of aliphatic hydroxyl groups is 1. The zero-order chi connectivity index (χ0) is 16.0. The van der Waals surface area contributed by atoms with Crippen molar-refractivity contribution in [3.05, 3.63) is 29.8 Å². The third-order valence-electron chi connectivity index (χ3n) is 3.49. The summed E-state index contributed by atoms with van der Waals surface area (Å²) >= 11 is 0. The second kappa shape index (κ2) is 7.43. The highest BCUT2D eigenvalue weighted by molar-refractivity contribution is 5.62. The van der Waals surface area contributed by atoms with Crippen LogP contribution in [0.3, 0.4) is 0 Å². The van der Waals surface area contributed by atoms with E-state index >= 15 is 0 Å². The van der Waals surface area contributed by atoms with E-state index in [2.05, 4.69) is 19.2 Å². The Morgan fingerprint density at radius 3 is 2.57 bits per heavy atom. The lowest BCUT2D eigenvalue weighted by Crippen LogP contribution is -2.51. The van der Waals surface area contributed by atoms with Gasteiger partial charge in [0, 0.05) is 18.5 Å². The number of hydrogen-bond acceptors (Lipinski definition) is 4. The summed E-state index contributed by atoms with van der Waals surface area (Å²) in [7, 11) is 0. The first kappa shape index (κ1) is 17.5. The molecule has 118 valence electrons. The maximum absolute atomic E-state index is 10.3. The van der Waals surface area contributed by atoms with E-state index in [9.17, 15) is 10.2 Å². The summed E-state index contributed by atoms with van der Waals surface area (Å²) < 4.78 is 0. The first-order chi connectivity index (χ1) is 9.71. The van der Waals surface area contributed by atoms with Crippen LogP contribution in [0.25, 0.3) is 0 Å². The molecule has 1 fully saturated rings. The standard InChI is InChI=1S/C14H21NO2.C2H4O2/c1-14(2)8-4-7-12(15-14)13(17)10-5-3-6-11(16)9-10;1-2(3)4/h3,5-6,9,12-13,15-17H,4,7-8H2,1-2H3;1H3,(H,3,4)/t12-,13?;/m1./s1. The maximum atomic E-state index is 10.3. The number of carboxylic acids is 1. The predicted molar refractivity (Wildman–Crippen MR) is 81.2 cm³/mol. The Morgan fingerprint density at radius 1 is 1.43 bits per heavy atom. The zero-order valence-corrected chi connectivity index (χ0v) is 12.8. The van der Waals surface area contributed by atoms with Crippen LogP contribution in [0, 0.1) is 0 Å². The van der Waals surface area contributed by atoms with Crippen molar-refractivity contribution < 1.29 is 20.1 Å². The van der Waals surface area contributed by atoms with E-state index in [0.717, 1.165) is 31.7 Å². The Morgan fingerprint density at radius 2 is 2.05 bits per heavy atom. The lowest BCUT2D eigenvalue weighted by Gasteiger charge is -2.39. The van der Waals surface area contributed by atoms with Crippen molar-refractivity contribution in [2.24, 2.45) is 0 Å². The quantitative estimate of drug-likeness (QED) is 0.673. The molecule has 0 bridgehead atoms. The minimum atomic E-state index is -0.833. The Kier molecular flexibility index (Phi) is 6.18. The number of phenolic OH excluding ortho intramolecular Hbond substituents is 1. The molecule has 1 heterocycles. The highest BCUT2D eigenvalue weighted by Crippen LogP contribution is 2.29. The number of aliphatic carboxylic acids is 1. The van der Waals surface area contributed by atoms with Crippen molar-refractivity contribution in [1.29, 1.82) is 0 Å². The molecule has 0 aromatic heterocycles. The lowest BCUT2D eigenvalue weighted by molar-refractivity contribution is -0.134. The molecule has 5 heteroatoms. The molecule has 2 atom stereocenters. The molecule has 1 aliphatic heterocycles. The van der Waals surface area contributed by atoms with Crippen molar-refractivity contribution in [1.82, 2.24) is 5.32 Å². The third-order valence-corrected chi connectivity index (χ3v) is 3.49. The van der Waals surface area contributed by atoms with Crippen molar-refractivity contribution >= 4 is 5.97 Å². The summed E-state index contributed by atoms with van der Waals surface area (Å²) in [6, 6.07) is 6.94. The SMILES string of the molecule is CC(=O)O.CC1(C)CCC[C@H](C(O)c2cccc(O)c2)N1. The molecule has 0 radical (unpaired) electrons. The topological polar surface area (TPSA) is 89.8 Å². The molecule has 4 N–H and O–H groups in total. The van der Waals surface area contributed by atoms with Crippen molar-refractivity contribution in [2.75, 3.05) is 0 Å². The number of aliphatic hydroxyl groups excluding tert-OH is 1. The van der Waals surface area contributed by atoms with Crippen LogP contribution in [0.2, 0.25) is 0 Å². The molecule has 0 aliphatic carbocycles. The van der Waals surface area contributed by atoms with Crippen LogP contribution in [0.1, 0.15) is 51.7 Å². The smallest absolute Gasteiger partial charge is 0.300 e. The molecular formula is C16H25NO4. The molecular weight excluding hydrogens is 270 g/mol. The molecule has 1 saturated heterocycles. The van der Waals surface area contributed by atoms with Crippen LogP contribution in [0.5, 0.6) is 5.75 Å². The summed E-state index contributed by atoms with van der Waals surface area (Å²) in [5.41, 5.74) is 0.862. The third kappa shape index (κ3) is 6.14. The highest BCUT2D eigenvalue weighted by Gasteiger charge is 2.31. The Hall–Kier alpha value is -1.59. The van der Waals surface area contributed by atoms with Crippen molar-refractivity contribution in [3.8, 4) is 5.75 Å². The second-order valence-electron chi connectivity index (χ2n) is 6.09. The van der Waals surface area contributed by atoms with Gasteiger partial charge in [-0.2, -0.15) is 0 Å².